The first kappa shape index (κ1) is 12.0. The molecule has 92 valence electrons. The van der Waals surface area contributed by atoms with Crippen LogP contribution in [0.1, 0.15) is 23.2 Å². The fraction of sp³-hybridized carbons (Fsp3) is 0.286. The van der Waals surface area contributed by atoms with Gasteiger partial charge in [0.25, 0.3) is 0 Å². The predicted octanol–water partition coefficient (Wildman–Crippen LogP) is 3.91. The third kappa shape index (κ3) is 2.68. The number of hydrogen-bond donors (Lipinski definition) is 0. The maximum atomic E-state index is 5.71. The van der Waals surface area contributed by atoms with E-state index in [4.69, 9.17) is 11.6 Å². The van der Waals surface area contributed by atoms with Crippen molar-refractivity contribution in [2.45, 2.75) is 29.9 Å². The summed E-state index contributed by atoms with van der Waals surface area (Å²) in [6.07, 6.45) is 3.76. The molecule has 1 aliphatic carbocycles. The molecular formula is C14H13ClN2S. The van der Waals surface area contributed by atoms with Gasteiger partial charge in [-0.05, 0) is 54.7 Å². The van der Waals surface area contributed by atoms with Crippen LogP contribution in [0.2, 0.25) is 5.15 Å². The summed E-state index contributed by atoms with van der Waals surface area (Å²) < 4.78 is 0. The zero-order valence-electron chi connectivity index (χ0n) is 9.90. The second kappa shape index (κ2) is 5.29. The van der Waals surface area contributed by atoms with E-state index in [0.717, 1.165) is 11.4 Å². The average Bonchev–Trinajstić information content (AvgIpc) is 2.85. The summed E-state index contributed by atoms with van der Waals surface area (Å²) >= 11 is 7.51. The van der Waals surface area contributed by atoms with Crippen molar-refractivity contribution in [3.8, 4) is 0 Å². The van der Waals surface area contributed by atoms with Crippen LogP contribution in [0.25, 0.3) is 0 Å². The molecule has 0 radical (unpaired) electrons. The van der Waals surface area contributed by atoms with Crippen molar-refractivity contribution in [3.05, 3.63) is 52.3 Å². The van der Waals surface area contributed by atoms with Crippen molar-refractivity contribution in [2.75, 3.05) is 0 Å². The molecule has 0 amide bonds. The van der Waals surface area contributed by atoms with E-state index in [2.05, 4.69) is 28.4 Å². The number of aryl methyl sites for hydroxylation is 2. The molecule has 1 aliphatic rings. The Balaban J connectivity index is 1.68. The normalized spacial score (nSPS) is 13.6. The summed E-state index contributed by atoms with van der Waals surface area (Å²) in [5.41, 5.74) is 4.00. The molecule has 4 heteroatoms. The fourth-order valence-electron chi connectivity index (χ4n) is 2.22. The van der Waals surface area contributed by atoms with Crippen molar-refractivity contribution >= 4 is 23.4 Å². The van der Waals surface area contributed by atoms with Crippen LogP contribution in [0.3, 0.4) is 0 Å². The molecule has 0 bridgehead atoms. The predicted molar refractivity (Wildman–Crippen MR) is 75.1 cm³/mol. The molecule has 0 aliphatic heterocycles. The first-order valence-corrected chi connectivity index (χ1v) is 7.40. The Kier molecular flexibility index (Phi) is 3.52. The minimum Gasteiger partial charge on any atom is -0.153 e. The van der Waals surface area contributed by atoms with Crippen LogP contribution in [-0.4, -0.2) is 10.2 Å². The van der Waals surface area contributed by atoms with Crippen LogP contribution in [0.4, 0.5) is 0 Å². The smallest absolute Gasteiger partial charge is 0.151 e. The van der Waals surface area contributed by atoms with Crippen molar-refractivity contribution < 1.29 is 0 Å². The minimum atomic E-state index is 0.446. The molecule has 3 rings (SSSR count). The van der Waals surface area contributed by atoms with Crippen LogP contribution in [0, 0.1) is 0 Å². The lowest BCUT2D eigenvalue weighted by molar-refractivity contribution is 0.911. The van der Waals surface area contributed by atoms with Gasteiger partial charge in [0, 0.05) is 10.6 Å². The Labute approximate surface area is 116 Å². The van der Waals surface area contributed by atoms with E-state index in [-0.39, 0.29) is 0 Å². The topological polar surface area (TPSA) is 25.8 Å². The second-order valence-electron chi connectivity index (χ2n) is 4.42. The molecule has 1 aromatic heterocycles. The number of nitrogens with zero attached hydrogens (tertiary/aromatic N) is 2. The van der Waals surface area contributed by atoms with Gasteiger partial charge in [0.05, 0.1) is 5.69 Å². The van der Waals surface area contributed by atoms with E-state index in [0.29, 0.717) is 5.15 Å². The van der Waals surface area contributed by atoms with Crippen LogP contribution >= 0.6 is 23.4 Å². The summed E-state index contributed by atoms with van der Waals surface area (Å²) in [6, 6.07) is 10.5. The van der Waals surface area contributed by atoms with Gasteiger partial charge in [-0.1, -0.05) is 17.7 Å². The molecule has 0 saturated carbocycles. The number of thioether (sulfide) groups is 1. The van der Waals surface area contributed by atoms with Gasteiger partial charge in [-0.2, -0.15) is 5.10 Å². The van der Waals surface area contributed by atoms with Crippen LogP contribution in [-0.2, 0) is 18.6 Å². The maximum absolute atomic E-state index is 5.71. The van der Waals surface area contributed by atoms with Gasteiger partial charge in [-0.15, -0.1) is 16.9 Å². The number of benzene rings is 1. The molecule has 0 N–H and O–H groups in total. The number of fused-ring (bicyclic) bond motifs is 1. The van der Waals surface area contributed by atoms with Gasteiger partial charge in [0.15, 0.2) is 5.15 Å². The lowest BCUT2D eigenvalue weighted by atomic mass is 10.1. The van der Waals surface area contributed by atoms with Gasteiger partial charge in [0.2, 0.25) is 0 Å². The Morgan fingerprint density at radius 3 is 2.78 bits per heavy atom. The Morgan fingerprint density at radius 2 is 1.94 bits per heavy atom. The maximum Gasteiger partial charge on any atom is 0.151 e. The van der Waals surface area contributed by atoms with E-state index in [1.807, 2.05) is 6.07 Å². The monoisotopic (exact) mass is 276 g/mol. The molecule has 2 aromatic rings. The molecule has 0 atom stereocenters. The Morgan fingerprint density at radius 1 is 1.06 bits per heavy atom. The Hall–Kier alpha value is -1.06. The number of aromatic nitrogens is 2. The van der Waals surface area contributed by atoms with E-state index in [9.17, 15) is 0 Å². The molecule has 2 nitrogen and oxygen atoms in total. The summed E-state index contributed by atoms with van der Waals surface area (Å²) in [6.45, 7) is 0. The highest BCUT2D eigenvalue weighted by Gasteiger charge is 2.10. The van der Waals surface area contributed by atoms with Crippen molar-refractivity contribution in [2.24, 2.45) is 0 Å². The lowest BCUT2D eigenvalue weighted by Gasteiger charge is -2.04. The summed E-state index contributed by atoms with van der Waals surface area (Å²) in [5.74, 6) is 0.836. The van der Waals surface area contributed by atoms with Crippen LogP contribution < -0.4 is 0 Å². The zero-order valence-corrected chi connectivity index (χ0v) is 11.5. The van der Waals surface area contributed by atoms with Crippen LogP contribution in [0.5, 0.6) is 0 Å². The first-order chi connectivity index (χ1) is 8.81. The van der Waals surface area contributed by atoms with Gasteiger partial charge >= 0.3 is 0 Å². The van der Waals surface area contributed by atoms with E-state index in [1.165, 1.54) is 35.3 Å². The number of hydrogen-bond acceptors (Lipinski definition) is 3. The molecule has 0 unspecified atom stereocenters. The molecule has 0 saturated heterocycles. The zero-order chi connectivity index (χ0) is 12.4. The van der Waals surface area contributed by atoms with Crippen molar-refractivity contribution in [1.82, 2.24) is 10.2 Å². The molecule has 0 fully saturated rings. The molecular weight excluding hydrogens is 264 g/mol. The van der Waals surface area contributed by atoms with E-state index < -0.39 is 0 Å². The third-order valence-corrected chi connectivity index (χ3v) is 4.37. The Bertz CT molecular complexity index is 554. The average molecular weight is 277 g/mol. The summed E-state index contributed by atoms with van der Waals surface area (Å²) in [4.78, 5) is 1.31. The second-order valence-corrected chi connectivity index (χ2v) is 5.86. The van der Waals surface area contributed by atoms with E-state index >= 15 is 0 Å². The SMILES string of the molecule is Clc1ccc(CSc2ccc3c(c2)CCC3)nn1. The van der Waals surface area contributed by atoms with Gasteiger partial charge in [0.1, 0.15) is 0 Å². The highest BCUT2D eigenvalue weighted by Crippen LogP contribution is 2.28. The number of rotatable bonds is 3. The van der Waals surface area contributed by atoms with E-state index in [1.54, 1.807) is 17.8 Å². The molecule has 18 heavy (non-hydrogen) atoms. The third-order valence-electron chi connectivity index (χ3n) is 3.14. The highest BCUT2D eigenvalue weighted by atomic mass is 35.5. The fourth-order valence-corrected chi connectivity index (χ4v) is 3.18. The van der Waals surface area contributed by atoms with Gasteiger partial charge in [-0.25, -0.2) is 0 Å². The molecule has 1 aromatic carbocycles. The van der Waals surface area contributed by atoms with Gasteiger partial charge in [-0.3, -0.25) is 0 Å². The summed E-state index contributed by atoms with van der Waals surface area (Å²) in [7, 11) is 0. The largest absolute Gasteiger partial charge is 0.153 e. The minimum absolute atomic E-state index is 0.446. The lowest BCUT2D eigenvalue weighted by Crippen LogP contribution is -1.90. The number of halogens is 1. The van der Waals surface area contributed by atoms with Crippen molar-refractivity contribution in [3.63, 3.8) is 0 Å². The summed E-state index contributed by atoms with van der Waals surface area (Å²) in [5, 5.41) is 8.36. The first-order valence-electron chi connectivity index (χ1n) is 6.04. The van der Waals surface area contributed by atoms with Gasteiger partial charge < -0.3 is 0 Å². The molecule has 1 heterocycles. The van der Waals surface area contributed by atoms with Crippen LogP contribution in [0.15, 0.2) is 35.2 Å². The standard InChI is InChI=1S/C14H13ClN2S/c15-14-7-5-12(16-17-14)9-18-13-6-4-10-2-1-3-11(10)8-13/h4-8H,1-3,9H2. The quantitative estimate of drug-likeness (QED) is 0.795. The van der Waals surface area contributed by atoms with Crippen molar-refractivity contribution in [1.29, 1.82) is 0 Å². The molecule has 0 spiro atoms. The highest BCUT2D eigenvalue weighted by molar-refractivity contribution is 7.98.